The third-order valence-corrected chi connectivity index (χ3v) is 5.75. The lowest BCUT2D eigenvalue weighted by molar-refractivity contribution is -0.137. The third-order valence-electron chi connectivity index (χ3n) is 4.83. The van der Waals surface area contributed by atoms with Gasteiger partial charge >= 0.3 is 6.18 Å². The Balaban J connectivity index is 1.85. The second-order valence-electron chi connectivity index (χ2n) is 8.41. The predicted molar refractivity (Wildman–Crippen MR) is 105 cm³/mol. The second-order valence-corrected chi connectivity index (χ2v) is 10.2. The highest BCUT2D eigenvalue weighted by Crippen LogP contribution is 2.30. The van der Waals surface area contributed by atoms with Gasteiger partial charge in [-0.25, -0.2) is 17.5 Å². The summed E-state index contributed by atoms with van der Waals surface area (Å²) in [4.78, 5) is 14.3. The van der Waals surface area contributed by atoms with Crippen LogP contribution >= 0.6 is 0 Å². The van der Waals surface area contributed by atoms with Crippen LogP contribution in [0.25, 0.3) is 0 Å². The van der Waals surface area contributed by atoms with E-state index in [9.17, 15) is 30.8 Å². The van der Waals surface area contributed by atoms with Crippen LogP contribution in [-0.4, -0.2) is 57.2 Å². The molecule has 1 aliphatic rings. The molecule has 0 radical (unpaired) electrons. The van der Waals surface area contributed by atoms with Crippen molar-refractivity contribution >= 4 is 15.9 Å². The summed E-state index contributed by atoms with van der Waals surface area (Å²) in [5.41, 5.74) is -2.19. The van der Waals surface area contributed by atoms with Gasteiger partial charge in [-0.1, -0.05) is 0 Å². The molecule has 170 valence electrons. The van der Waals surface area contributed by atoms with Crippen LogP contribution in [0.15, 0.2) is 18.2 Å². The number of rotatable bonds is 7. The fourth-order valence-electron chi connectivity index (χ4n) is 3.67. The molecule has 0 atom stereocenters. The number of halogens is 4. The molecule has 1 saturated heterocycles. The maximum Gasteiger partial charge on any atom is 0.416 e. The highest BCUT2D eigenvalue weighted by atomic mass is 32.2. The standard InChI is InChI=1S/C19H27F4N3O3S/c1-18(2,25-30(3,28)29)12-26-6-4-13(5-7-26)11-24-17(27)14-8-15(19(21,22)23)10-16(20)9-14/h8-10,13,25H,4-7,11-12H2,1-3H3,(H,24,27). The molecule has 0 aliphatic carbocycles. The number of carbonyl (C=O) groups is 1. The summed E-state index contributed by atoms with van der Waals surface area (Å²) in [5, 5.41) is 2.59. The van der Waals surface area contributed by atoms with E-state index in [1.165, 1.54) is 0 Å². The fraction of sp³-hybridized carbons (Fsp3) is 0.632. The molecule has 11 heteroatoms. The molecule has 1 aromatic rings. The first-order valence-corrected chi connectivity index (χ1v) is 11.4. The molecule has 0 saturated carbocycles. The van der Waals surface area contributed by atoms with Crippen molar-refractivity contribution < 1.29 is 30.8 Å². The number of piperidine rings is 1. The highest BCUT2D eigenvalue weighted by Gasteiger charge is 2.32. The average molecular weight is 454 g/mol. The van der Waals surface area contributed by atoms with Crippen LogP contribution in [0.4, 0.5) is 17.6 Å². The number of nitrogens with zero attached hydrogens (tertiary/aromatic N) is 1. The topological polar surface area (TPSA) is 78.5 Å². The third kappa shape index (κ3) is 7.84. The molecule has 1 heterocycles. The summed E-state index contributed by atoms with van der Waals surface area (Å²) in [5.74, 6) is -1.73. The van der Waals surface area contributed by atoms with Gasteiger partial charge in [0, 0.05) is 24.2 Å². The molecule has 2 rings (SSSR count). The number of hydrogen-bond acceptors (Lipinski definition) is 4. The smallest absolute Gasteiger partial charge is 0.352 e. The van der Waals surface area contributed by atoms with Crippen LogP contribution in [0.1, 0.15) is 42.6 Å². The summed E-state index contributed by atoms with van der Waals surface area (Å²) in [7, 11) is -3.32. The number of alkyl halides is 3. The zero-order chi connectivity index (χ0) is 22.7. The monoisotopic (exact) mass is 453 g/mol. The van der Waals surface area contributed by atoms with Crippen LogP contribution in [0.5, 0.6) is 0 Å². The van der Waals surface area contributed by atoms with Gasteiger partial charge in [-0.15, -0.1) is 0 Å². The van der Waals surface area contributed by atoms with Gasteiger partial charge in [-0.3, -0.25) is 4.79 Å². The van der Waals surface area contributed by atoms with Crippen LogP contribution in [0.2, 0.25) is 0 Å². The number of benzene rings is 1. The number of sulfonamides is 1. The van der Waals surface area contributed by atoms with E-state index >= 15 is 0 Å². The van der Waals surface area contributed by atoms with Crippen LogP contribution in [0, 0.1) is 11.7 Å². The van der Waals surface area contributed by atoms with Crippen molar-refractivity contribution in [3.63, 3.8) is 0 Å². The normalized spacial score (nSPS) is 17.2. The first-order valence-electron chi connectivity index (χ1n) is 9.52. The molecule has 1 amide bonds. The van der Waals surface area contributed by atoms with E-state index in [2.05, 4.69) is 14.9 Å². The maximum atomic E-state index is 13.5. The Kier molecular flexibility index (Phi) is 7.52. The molecule has 30 heavy (non-hydrogen) atoms. The van der Waals surface area contributed by atoms with E-state index < -0.39 is 39.0 Å². The summed E-state index contributed by atoms with van der Waals surface area (Å²) < 4.78 is 77.3. The highest BCUT2D eigenvalue weighted by molar-refractivity contribution is 7.88. The van der Waals surface area contributed by atoms with E-state index in [0.29, 0.717) is 31.8 Å². The van der Waals surface area contributed by atoms with Crippen molar-refractivity contribution in [2.45, 2.75) is 38.4 Å². The van der Waals surface area contributed by atoms with E-state index in [1.807, 2.05) is 0 Å². The summed E-state index contributed by atoms with van der Waals surface area (Å²) in [6.07, 6.45) is -2.14. The number of amides is 1. The van der Waals surface area contributed by atoms with Gasteiger partial charge in [0.15, 0.2) is 0 Å². The quantitative estimate of drug-likeness (QED) is 0.623. The first-order chi connectivity index (χ1) is 13.6. The maximum absolute atomic E-state index is 13.5. The Hall–Kier alpha value is -1.72. The molecule has 6 nitrogen and oxygen atoms in total. The number of nitrogens with one attached hydrogen (secondary N) is 2. The molecule has 0 aromatic heterocycles. The zero-order valence-electron chi connectivity index (χ0n) is 17.1. The summed E-state index contributed by atoms with van der Waals surface area (Å²) in [6.45, 7) is 5.81. The Bertz CT molecular complexity index is 864. The van der Waals surface area contributed by atoms with Gasteiger partial charge in [-0.2, -0.15) is 13.2 Å². The molecule has 1 aromatic carbocycles. The SMILES string of the molecule is CC(C)(CN1CCC(CNC(=O)c2cc(F)cc(C(F)(F)F)c2)CC1)NS(C)(=O)=O. The average Bonchev–Trinajstić information content (AvgIpc) is 2.57. The Labute approximate surface area is 174 Å². The van der Waals surface area contributed by atoms with Gasteiger partial charge in [0.25, 0.3) is 5.91 Å². The molecule has 0 spiro atoms. The van der Waals surface area contributed by atoms with Gasteiger partial charge in [0.2, 0.25) is 10.0 Å². The molecule has 1 fully saturated rings. The van der Waals surface area contributed by atoms with Crippen molar-refractivity contribution in [2.75, 3.05) is 32.4 Å². The first kappa shape index (κ1) is 24.5. The van der Waals surface area contributed by atoms with Crippen molar-refractivity contribution in [1.29, 1.82) is 0 Å². The zero-order valence-corrected chi connectivity index (χ0v) is 18.0. The number of hydrogen-bond donors (Lipinski definition) is 2. The van der Waals surface area contributed by atoms with Crippen molar-refractivity contribution in [1.82, 2.24) is 14.9 Å². The van der Waals surface area contributed by atoms with E-state index in [0.717, 1.165) is 25.2 Å². The fourth-order valence-corrected chi connectivity index (χ4v) is 4.73. The summed E-state index contributed by atoms with van der Waals surface area (Å²) >= 11 is 0. The predicted octanol–water partition coefficient (Wildman–Crippen LogP) is 2.61. The van der Waals surface area contributed by atoms with Crippen LogP contribution in [0.3, 0.4) is 0 Å². The van der Waals surface area contributed by atoms with Gasteiger partial charge in [0.05, 0.1) is 11.8 Å². The molecular formula is C19H27F4N3O3S. The van der Waals surface area contributed by atoms with Gasteiger partial charge in [-0.05, 0) is 63.9 Å². The van der Waals surface area contributed by atoms with Gasteiger partial charge in [0.1, 0.15) is 5.82 Å². The lowest BCUT2D eigenvalue weighted by atomic mass is 9.95. The Morgan fingerprint density at radius 1 is 1.17 bits per heavy atom. The van der Waals surface area contributed by atoms with Crippen molar-refractivity contribution in [2.24, 2.45) is 5.92 Å². The van der Waals surface area contributed by atoms with Crippen molar-refractivity contribution in [3.8, 4) is 0 Å². The minimum Gasteiger partial charge on any atom is -0.352 e. The molecule has 0 bridgehead atoms. The van der Waals surface area contributed by atoms with E-state index in [4.69, 9.17) is 0 Å². The van der Waals surface area contributed by atoms with Crippen LogP contribution < -0.4 is 10.0 Å². The lowest BCUT2D eigenvalue weighted by Gasteiger charge is -2.37. The Morgan fingerprint density at radius 3 is 2.30 bits per heavy atom. The lowest BCUT2D eigenvalue weighted by Crippen LogP contribution is -2.52. The van der Waals surface area contributed by atoms with Crippen LogP contribution in [-0.2, 0) is 16.2 Å². The minimum atomic E-state index is -4.73. The molecular weight excluding hydrogens is 426 g/mol. The van der Waals surface area contributed by atoms with E-state index in [-0.39, 0.29) is 18.0 Å². The largest absolute Gasteiger partial charge is 0.416 e. The van der Waals surface area contributed by atoms with Gasteiger partial charge < -0.3 is 10.2 Å². The second kappa shape index (κ2) is 9.19. The number of carbonyl (C=O) groups excluding carboxylic acids is 1. The Morgan fingerprint density at radius 2 is 1.77 bits per heavy atom. The molecule has 0 unspecified atom stereocenters. The summed E-state index contributed by atoms with van der Waals surface area (Å²) in [6, 6.07) is 1.77. The van der Waals surface area contributed by atoms with Crippen molar-refractivity contribution in [3.05, 3.63) is 35.1 Å². The molecule has 2 N–H and O–H groups in total. The number of likely N-dealkylation sites (tertiary alicyclic amines) is 1. The minimum absolute atomic E-state index is 0.131. The van der Waals surface area contributed by atoms with E-state index in [1.54, 1.807) is 13.8 Å². The molecule has 1 aliphatic heterocycles.